The number of fused-ring (bicyclic) bond motifs is 2. The van der Waals surface area contributed by atoms with Crippen LogP contribution in [-0.2, 0) is 9.53 Å². The number of rotatable bonds is 5. The number of nitrogens with one attached hydrogen (secondary N) is 1. The van der Waals surface area contributed by atoms with Crippen molar-refractivity contribution in [1.82, 2.24) is 10.2 Å². The third kappa shape index (κ3) is 3.09. The Morgan fingerprint density at radius 2 is 1.69 bits per heavy atom. The summed E-state index contributed by atoms with van der Waals surface area (Å²) in [6.07, 6.45) is 14.8. The minimum Gasteiger partial charge on any atom is -0.459 e. The van der Waals surface area contributed by atoms with Crippen molar-refractivity contribution in [3.63, 3.8) is 0 Å². The Hall–Kier alpha value is -1.13. The number of carbonyl (C=O) groups excluding carboxylic acids is 1. The molecule has 0 aromatic rings. The lowest BCUT2D eigenvalue weighted by Crippen LogP contribution is -2.58. The van der Waals surface area contributed by atoms with Gasteiger partial charge in [0.25, 0.3) is 0 Å². The molecule has 5 aliphatic rings. The SMILES string of the molecule is C/C=C(\C)C(=O)O[C@@H]1C[C@@]2(C)[C@@H]3C=C[C@H]4C(C)(C)[C@@H](N(C)C)CC[C@@]45C[C@@]35CC[C@]2(C)[C@H]1[C@H](C)NC. The number of allylic oxidation sites excluding steroid dienone is 3. The molecular weight excluding hydrogens is 444 g/mol. The van der Waals surface area contributed by atoms with Crippen LogP contribution < -0.4 is 5.32 Å². The van der Waals surface area contributed by atoms with Gasteiger partial charge in [-0.2, -0.15) is 0 Å². The molecule has 0 aromatic heterocycles. The molecule has 0 aliphatic heterocycles. The first kappa shape index (κ1) is 26.5. The zero-order valence-corrected chi connectivity index (χ0v) is 24.7. The van der Waals surface area contributed by atoms with Crippen molar-refractivity contribution in [3.8, 4) is 0 Å². The van der Waals surface area contributed by atoms with Crippen LogP contribution in [0.1, 0.15) is 87.0 Å². The Bertz CT molecular complexity index is 983. The van der Waals surface area contributed by atoms with Gasteiger partial charge in [0.1, 0.15) is 6.10 Å². The van der Waals surface area contributed by atoms with E-state index in [9.17, 15) is 4.79 Å². The van der Waals surface area contributed by atoms with Gasteiger partial charge in [0.15, 0.2) is 0 Å². The molecule has 0 heterocycles. The molecule has 0 aromatic carbocycles. The van der Waals surface area contributed by atoms with Crippen molar-refractivity contribution >= 4 is 5.97 Å². The van der Waals surface area contributed by atoms with Crippen LogP contribution in [-0.4, -0.2) is 50.2 Å². The van der Waals surface area contributed by atoms with E-state index in [4.69, 9.17) is 4.74 Å². The zero-order chi connectivity index (χ0) is 26.5. The van der Waals surface area contributed by atoms with Gasteiger partial charge in [0.2, 0.25) is 0 Å². The second-order valence-corrected chi connectivity index (χ2v) is 14.7. The Balaban J connectivity index is 1.54. The Kier molecular flexibility index (Phi) is 6.02. The highest BCUT2D eigenvalue weighted by Gasteiger charge is 2.82. The Morgan fingerprint density at radius 1 is 1.06 bits per heavy atom. The molecule has 4 fully saturated rings. The summed E-state index contributed by atoms with van der Waals surface area (Å²) in [5.74, 6) is 1.42. The van der Waals surface area contributed by atoms with Gasteiger partial charge < -0.3 is 15.0 Å². The summed E-state index contributed by atoms with van der Waals surface area (Å²) >= 11 is 0. The summed E-state index contributed by atoms with van der Waals surface area (Å²) in [6.45, 7) is 16.3. The van der Waals surface area contributed by atoms with Gasteiger partial charge in [-0.25, -0.2) is 4.79 Å². The van der Waals surface area contributed by atoms with E-state index in [0.29, 0.717) is 46.2 Å². The third-order valence-electron chi connectivity index (χ3n) is 13.2. The van der Waals surface area contributed by atoms with Gasteiger partial charge in [-0.05, 0) is 119 Å². The van der Waals surface area contributed by atoms with Gasteiger partial charge in [0.05, 0.1) is 0 Å². The molecule has 5 aliphatic carbocycles. The molecule has 202 valence electrons. The maximum Gasteiger partial charge on any atom is 0.333 e. The van der Waals surface area contributed by atoms with Crippen LogP contribution in [0.5, 0.6) is 0 Å². The Morgan fingerprint density at radius 3 is 2.31 bits per heavy atom. The van der Waals surface area contributed by atoms with Crippen molar-refractivity contribution in [2.45, 2.75) is 105 Å². The first-order chi connectivity index (χ1) is 16.8. The standard InChI is InChI=1S/C32H52N2O2/c1-11-20(2)27(35)36-22-18-30(7)24-13-12-23-28(4,5)25(34(9)10)14-15-31(23)19-32(24,31)17-16-29(30,6)26(22)21(3)33-8/h11-13,21-26,33H,14-19H2,1-10H3/b20-11+/t21-,22+,23-,24-,25-,26-,29+,30-,31+,32-/m0/s1. The highest BCUT2D eigenvalue weighted by atomic mass is 16.5. The summed E-state index contributed by atoms with van der Waals surface area (Å²) in [5.41, 5.74) is 2.17. The predicted octanol–water partition coefficient (Wildman–Crippen LogP) is 6.23. The van der Waals surface area contributed by atoms with E-state index in [2.05, 4.69) is 78.1 Å². The van der Waals surface area contributed by atoms with E-state index in [1.165, 1.54) is 32.1 Å². The van der Waals surface area contributed by atoms with E-state index in [-0.39, 0.29) is 28.3 Å². The Labute approximate surface area is 220 Å². The molecule has 1 N–H and O–H groups in total. The largest absolute Gasteiger partial charge is 0.459 e. The summed E-state index contributed by atoms with van der Waals surface area (Å²) in [5, 5.41) is 3.56. The van der Waals surface area contributed by atoms with E-state index >= 15 is 0 Å². The molecule has 4 heteroatoms. The lowest BCUT2D eigenvalue weighted by molar-refractivity contribution is -0.147. The molecule has 0 unspecified atom stereocenters. The number of esters is 1. The average molecular weight is 497 g/mol. The first-order valence-corrected chi connectivity index (χ1v) is 14.6. The summed E-state index contributed by atoms with van der Waals surface area (Å²) in [7, 11) is 6.61. The average Bonchev–Trinajstić information content (AvgIpc) is 3.41. The van der Waals surface area contributed by atoms with Crippen molar-refractivity contribution in [2.75, 3.05) is 21.1 Å². The van der Waals surface area contributed by atoms with Crippen LogP contribution >= 0.6 is 0 Å². The van der Waals surface area contributed by atoms with E-state index in [1.54, 1.807) is 0 Å². The molecule has 0 amide bonds. The minimum absolute atomic E-state index is 0.0401. The van der Waals surface area contributed by atoms with Crippen molar-refractivity contribution in [1.29, 1.82) is 0 Å². The first-order valence-electron chi connectivity index (χ1n) is 14.6. The summed E-state index contributed by atoms with van der Waals surface area (Å²) in [6, 6.07) is 0.944. The molecule has 4 saturated carbocycles. The molecule has 36 heavy (non-hydrogen) atoms. The second kappa shape index (κ2) is 8.18. The molecule has 2 spiro atoms. The highest BCUT2D eigenvalue weighted by molar-refractivity contribution is 5.87. The maximum atomic E-state index is 13.0. The van der Waals surface area contributed by atoms with Crippen LogP contribution in [0, 0.1) is 44.8 Å². The van der Waals surface area contributed by atoms with Gasteiger partial charge >= 0.3 is 5.97 Å². The lowest BCUT2D eigenvalue weighted by atomic mass is 9.43. The molecular formula is C32H52N2O2. The number of nitrogens with zero attached hydrogens (tertiary/aromatic N) is 1. The maximum absolute atomic E-state index is 13.0. The third-order valence-corrected chi connectivity index (χ3v) is 13.2. The van der Waals surface area contributed by atoms with Crippen LogP contribution in [0.3, 0.4) is 0 Å². The number of carbonyl (C=O) groups is 1. The normalized spacial score (nSPS) is 49.5. The highest BCUT2D eigenvalue weighted by Crippen LogP contribution is 2.87. The molecule has 0 radical (unpaired) electrons. The van der Waals surface area contributed by atoms with Crippen LogP contribution in [0.2, 0.25) is 0 Å². The molecule has 0 saturated heterocycles. The second-order valence-electron chi connectivity index (χ2n) is 14.7. The smallest absolute Gasteiger partial charge is 0.333 e. The van der Waals surface area contributed by atoms with E-state index < -0.39 is 0 Å². The van der Waals surface area contributed by atoms with E-state index in [1.807, 2.05) is 19.9 Å². The van der Waals surface area contributed by atoms with Crippen LogP contribution in [0.4, 0.5) is 0 Å². The molecule has 4 nitrogen and oxygen atoms in total. The van der Waals surface area contributed by atoms with Gasteiger partial charge in [0, 0.05) is 23.6 Å². The zero-order valence-electron chi connectivity index (χ0n) is 24.7. The van der Waals surface area contributed by atoms with Gasteiger partial charge in [-0.15, -0.1) is 0 Å². The summed E-state index contributed by atoms with van der Waals surface area (Å²) in [4.78, 5) is 15.4. The minimum atomic E-state index is -0.137. The molecule has 0 bridgehead atoms. The molecule has 10 atom stereocenters. The fraction of sp³-hybridized carbons (Fsp3) is 0.844. The lowest BCUT2D eigenvalue weighted by Gasteiger charge is -2.61. The monoisotopic (exact) mass is 496 g/mol. The fourth-order valence-electron chi connectivity index (χ4n) is 11.1. The topological polar surface area (TPSA) is 41.6 Å². The van der Waals surface area contributed by atoms with Crippen LogP contribution in [0.25, 0.3) is 0 Å². The van der Waals surface area contributed by atoms with Crippen LogP contribution in [0.15, 0.2) is 23.8 Å². The molecule has 5 rings (SSSR count). The van der Waals surface area contributed by atoms with Crippen molar-refractivity contribution < 1.29 is 9.53 Å². The number of ether oxygens (including phenoxy) is 1. The quantitative estimate of drug-likeness (QED) is 0.278. The fourth-order valence-corrected chi connectivity index (χ4v) is 11.1. The number of hydrogen-bond donors (Lipinski definition) is 1. The van der Waals surface area contributed by atoms with Crippen molar-refractivity contribution in [3.05, 3.63) is 23.8 Å². The van der Waals surface area contributed by atoms with E-state index in [0.717, 1.165) is 6.42 Å². The summed E-state index contributed by atoms with van der Waals surface area (Å²) < 4.78 is 6.35. The van der Waals surface area contributed by atoms with Gasteiger partial charge in [-0.3, -0.25) is 0 Å². The predicted molar refractivity (Wildman–Crippen MR) is 147 cm³/mol. The van der Waals surface area contributed by atoms with Crippen molar-refractivity contribution in [2.24, 2.45) is 44.8 Å². The number of hydrogen-bond acceptors (Lipinski definition) is 4. The van der Waals surface area contributed by atoms with Gasteiger partial charge in [-0.1, -0.05) is 45.9 Å².